The van der Waals surface area contributed by atoms with Gasteiger partial charge in [-0.2, -0.15) is 10.2 Å². The van der Waals surface area contributed by atoms with Crippen LogP contribution in [-0.2, 0) is 0 Å². The van der Waals surface area contributed by atoms with Gasteiger partial charge in [-0.15, -0.1) is 5.10 Å². The number of H-pyrrole nitrogens is 1. The molecule has 6 nitrogen and oxygen atoms in total. The van der Waals surface area contributed by atoms with Gasteiger partial charge in [0.15, 0.2) is 5.82 Å². The predicted molar refractivity (Wildman–Crippen MR) is 94.7 cm³/mol. The summed E-state index contributed by atoms with van der Waals surface area (Å²) >= 11 is 12.2. The van der Waals surface area contributed by atoms with Crippen LogP contribution in [0.3, 0.4) is 0 Å². The Kier molecular flexibility index (Phi) is 3.76. The summed E-state index contributed by atoms with van der Waals surface area (Å²) in [5.41, 5.74) is 2.24. The van der Waals surface area contributed by atoms with Crippen LogP contribution in [0, 0.1) is 0 Å². The lowest BCUT2D eigenvalue weighted by atomic mass is 10.2. The van der Waals surface area contributed by atoms with E-state index in [1.807, 2.05) is 24.3 Å². The van der Waals surface area contributed by atoms with Crippen LogP contribution in [0.4, 0.5) is 11.8 Å². The molecule has 0 fully saturated rings. The number of hydrogen-bond donors (Lipinski definition) is 2. The van der Waals surface area contributed by atoms with Gasteiger partial charge in [-0.3, -0.25) is 5.10 Å². The Hall–Kier alpha value is -2.70. The first-order valence-corrected chi connectivity index (χ1v) is 7.81. The number of aromatic amines is 1. The minimum Gasteiger partial charge on any atom is -0.305 e. The Morgan fingerprint density at radius 2 is 1.92 bits per heavy atom. The van der Waals surface area contributed by atoms with Crippen LogP contribution in [-0.4, -0.2) is 25.4 Å². The van der Waals surface area contributed by atoms with Gasteiger partial charge in [0, 0.05) is 16.0 Å². The minimum absolute atomic E-state index is 0.329. The van der Waals surface area contributed by atoms with Gasteiger partial charge in [-0.05, 0) is 30.3 Å². The second-order valence-corrected chi connectivity index (χ2v) is 5.88. The third kappa shape index (κ3) is 2.77. The van der Waals surface area contributed by atoms with Gasteiger partial charge in [0.1, 0.15) is 0 Å². The smallest absolute Gasteiger partial charge is 0.248 e. The van der Waals surface area contributed by atoms with Crippen molar-refractivity contribution >= 4 is 45.9 Å². The SMILES string of the molecule is Clc1ccc(-c2cnnc(Nc3n[nH]c4ccccc34)n2)c(Cl)c1. The van der Waals surface area contributed by atoms with Gasteiger partial charge in [0.05, 0.1) is 22.4 Å². The molecule has 2 aromatic carbocycles. The van der Waals surface area contributed by atoms with Crippen LogP contribution in [0.1, 0.15) is 0 Å². The summed E-state index contributed by atoms with van der Waals surface area (Å²) in [5, 5.41) is 20.2. The van der Waals surface area contributed by atoms with Crippen molar-refractivity contribution in [2.75, 3.05) is 5.32 Å². The van der Waals surface area contributed by atoms with Crippen molar-refractivity contribution in [3.8, 4) is 11.3 Å². The molecule has 2 N–H and O–H groups in total. The predicted octanol–water partition coefficient (Wildman–Crippen LogP) is 4.47. The van der Waals surface area contributed by atoms with E-state index in [1.54, 1.807) is 24.4 Å². The van der Waals surface area contributed by atoms with E-state index in [1.165, 1.54) is 0 Å². The molecule has 4 rings (SSSR count). The van der Waals surface area contributed by atoms with Crippen LogP contribution in [0.2, 0.25) is 10.0 Å². The van der Waals surface area contributed by atoms with Crippen molar-refractivity contribution in [1.82, 2.24) is 25.4 Å². The lowest BCUT2D eigenvalue weighted by Gasteiger charge is -2.06. The maximum absolute atomic E-state index is 6.23. The number of nitrogens with one attached hydrogen (secondary N) is 2. The monoisotopic (exact) mass is 356 g/mol. The Balaban J connectivity index is 1.70. The summed E-state index contributed by atoms with van der Waals surface area (Å²) in [6, 6.07) is 13.0. The van der Waals surface area contributed by atoms with Gasteiger partial charge in [-0.25, -0.2) is 4.98 Å². The molecule has 118 valence electrons. The first-order valence-electron chi connectivity index (χ1n) is 7.06. The third-order valence-electron chi connectivity index (χ3n) is 3.47. The lowest BCUT2D eigenvalue weighted by Crippen LogP contribution is -2.00. The first kappa shape index (κ1) is 14.9. The molecule has 0 bridgehead atoms. The molecule has 4 aromatic rings. The van der Waals surface area contributed by atoms with Crippen LogP contribution in [0.15, 0.2) is 48.7 Å². The number of halogens is 2. The second-order valence-electron chi connectivity index (χ2n) is 5.03. The van der Waals surface area contributed by atoms with Crippen LogP contribution < -0.4 is 5.32 Å². The van der Waals surface area contributed by atoms with Crippen molar-refractivity contribution < 1.29 is 0 Å². The number of fused-ring (bicyclic) bond motifs is 1. The second kappa shape index (κ2) is 6.07. The Morgan fingerprint density at radius 1 is 1.04 bits per heavy atom. The fourth-order valence-corrected chi connectivity index (χ4v) is 2.85. The molecule has 0 aliphatic heterocycles. The average molecular weight is 357 g/mol. The molecule has 0 aliphatic carbocycles. The van der Waals surface area contributed by atoms with Crippen molar-refractivity contribution in [2.24, 2.45) is 0 Å². The largest absolute Gasteiger partial charge is 0.305 e. The zero-order valence-electron chi connectivity index (χ0n) is 12.2. The summed E-state index contributed by atoms with van der Waals surface area (Å²) in [6.07, 6.45) is 1.54. The number of para-hydroxylation sites is 1. The van der Waals surface area contributed by atoms with E-state index in [-0.39, 0.29) is 0 Å². The summed E-state index contributed by atoms with van der Waals surface area (Å²) in [6.45, 7) is 0. The Bertz CT molecular complexity index is 1030. The number of benzene rings is 2. The van der Waals surface area contributed by atoms with E-state index in [0.29, 0.717) is 27.5 Å². The highest BCUT2D eigenvalue weighted by molar-refractivity contribution is 6.36. The first-order chi connectivity index (χ1) is 11.7. The summed E-state index contributed by atoms with van der Waals surface area (Å²) < 4.78 is 0. The molecule has 0 radical (unpaired) electrons. The molecular weight excluding hydrogens is 347 g/mol. The standard InChI is InChI=1S/C16H10Cl2N6/c17-9-5-6-10(12(18)7-9)14-8-19-24-16(20-14)21-15-11-3-1-2-4-13(11)22-23-15/h1-8H,(H2,20,21,22,23,24). The third-order valence-corrected chi connectivity index (χ3v) is 4.01. The van der Waals surface area contributed by atoms with Crippen molar-refractivity contribution in [3.05, 3.63) is 58.7 Å². The summed E-state index contributed by atoms with van der Waals surface area (Å²) in [5.74, 6) is 0.961. The zero-order valence-corrected chi connectivity index (χ0v) is 13.7. The molecule has 0 amide bonds. The highest BCUT2D eigenvalue weighted by atomic mass is 35.5. The summed E-state index contributed by atoms with van der Waals surface area (Å²) in [4.78, 5) is 4.45. The highest BCUT2D eigenvalue weighted by Gasteiger charge is 2.10. The lowest BCUT2D eigenvalue weighted by molar-refractivity contribution is 0.977. The fourth-order valence-electron chi connectivity index (χ4n) is 2.35. The maximum Gasteiger partial charge on any atom is 0.248 e. The molecule has 0 unspecified atom stereocenters. The number of aromatic nitrogens is 5. The van der Waals surface area contributed by atoms with Gasteiger partial charge in [0.25, 0.3) is 0 Å². The molecule has 0 atom stereocenters. The molecule has 8 heteroatoms. The maximum atomic E-state index is 6.23. The fraction of sp³-hybridized carbons (Fsp3) is 0. The van der Waals surface area contributed by atoms with Gasteiger partial charge in [-0.1, -0.05) is 35.3 Å². The van der Waals surface area contributed by atoms with Gasteiger partial charge >= 0.3 is 0 Å². The van der Waals surface area contributed by atoms with Crippen LogP contribution in [0.5, 0.6) is 0 Å². The highest BCUT2D eigenvalue weighted by Crippen LogP contribution is 2.29. The van der Waals surface area contributed by atoms with E-state index in [2.05, 4.69) is 30.7 Å². The molecule has 2 aromatic heterocycles. The number of rotatable bonds is 3. The molecule has 2 heterocycles. The average Bonchev–Trinajstić information content (AvgIpc) is 2.98. The van der Waals surface area contributed by atoms with Crippen LogP contribution in [0.25, 0.3) is 22.2 Å². The zero-order chi connectivity index (χ0) is 16.5. The number of hydrogen-bond acceptors (Lipinski definition) is 5. The molecule has 0 saturated heterocycles. The quantitative estimate of drug-likeness (QED) is 0.566. The van der Waals surface area contributed by atoms with Gasteiger partial charge in [0.2, 0.25) is 5.95 Å². The van der Waals surface area contributed by atoms with E-state index in [0.717, 1.165) is 16.5 Å². The summed E-state index contributed by atoms with van der Waals surface area (Å²) in [7, 11) is 0. The van der Waals surface area contributed by atoms with Crippen molar-refractivity contribution in [1.29, 1.82) is 0 Å². The van der Waals surface area contributed by atoms with Gasteiger partial charge < -0.3 is 5.32 Å². The molecule has 0 aliphatic rings. The van der Waals surface area contributed by atoms with Crippen molar-refractivity contribution in [3.63, 3.8) is 0 Å². The minimum atomic E-state index is 0.329. The van der Waals surface area contributed by atoms with E-state index < -0.39 is 0 Å². The van der Waals surface area contributed by atoms with E-state index in [4.69, 9.17) is 23.2 Å². The number of anilines is 2. The topological polar surface area (TPSA) is 79.4 Å². The molecule has 0 saturated carbocycles. The molecule has 0 spiro atoms. The van der Waals surface area contributed by atoms with Crippen LogP contribution >= 0.6 is 23.2 Å². The van der Waals surface area contributed by atoms with E-state index in [9.17, 15) is 0 Å². The Morgan fingerprint density at radius 3 is 2.79 bits per heavy atom. The molecular formula is C16H10Cl2N6. The van der Waals surface area contributed by atoms with Crippen molar-refractivity contribution in [2.45, 2.75) is 0 Å². The normalized spacial score (nSPS) is 10.9. The number of nitrogens with zero attached hydrogens (tertiary/aromatic N) is 4. The molecule has 24 heavy (non-hydrogen) atoms. The van der Waals surface area contributed by atoms with E-state index >= 15 is 0 Å². The Labute approximate surface area is 146 Å².